The molecular weight excluding hydrogens is 166 g/mol. The number of nitrogens with two attached hydrogens (primary N) is 1. The van der Waals surface area contributed by atoms with Crippen LogP contribution in [0.15, 0.2) is 18.5 Å². The van der Waals surface area contributed by atoms with E-state index in [0.29, 0.717) is 12.2 Å². The number of pyridine rings is 1. The Morgan fingerprint density at radius 1 is 1.54 bits per heavy atom. The van der Waals surface area contributed by atoms with Gasteiger partial charge in [0.1, 0.15) is 5.60 Å². The van der Waals surface area contributed by atoms with Crippen molar-refractivity contribution in [2.24, 2.45) is 0 Å². The van der Waals surface area contributed by atoms with Crippen LogP contribution < -0.4 is 11.1 Å². The minimum absolute atomic E-state index is 0.581. The highest BCUT2D eigenvalue weighted by atomic mass is 16.3. The van der Waals surface area contributed by atoms with Crippen LogP contribution in [0.2, 0.25) is 0 Å². The lowest BCUT2D eigenvalue weighted by atomic mass is 9.94. The van der Waals surface area contributed by atoms with E-state index in [1.165, 1.54) is 0 Å². The summed E-state index contributed by atoms with van der Waals surface area (Å²) in [4.78, 5) is 3.96. The summed E-state index contributed by atoms with van der Waals surface area (Å²) in [6.45, 7) is 1.42. The van der Waals surface area contributed by atoms with Crippen LogP contribution in [-0.4, -0.2) is 23.2 Å². The first-order chi connectivity index (χ1) is 6.21. The van der Waals surface area contributed by atoms with Crippen molar-refractivity contribution < 1.29 is 5.11 Å². The Hall–Kier alpha value is -1.13. The number of nitrogen functional groups attached to an aromatic ring is 1. The fourth-order valence-corrected chi connectivity index (χ4v) is 1.64. The summed E-state index contributed by atoms with van der Waals surface area (Å²) in [6, 6.07) is 1.78. The van der Waals surface area contributed by atoms with E-state index >= 15 is 0 Å². The highest BCUT2D eigenvalue weighted by molar-refractivity contribution is 5.39. The first kappa shape index (κ1) is 8.47. The number of β-amino-alcohol motifs (C(OH)–C–C–N with tert-alkyl or cyclic N) is 1. The van der Waals surface area contributed by atoms with Crippen LogP contribution in [0.1, 0.15) is 12.0 Å². The Morgan fingerprint density at radius 2 is 2.38 bits per heavy atom. The van der Waals surface area contributed by atoms with Gasteiger partial charge in [0.25, 0.3) is 0 Å². The largest absolute Gasteiger partial charge is 0.397 e. The lowest BCUT2D eigenvalue weighted by molar-refractivity contribution is 0.0584. The van der Waals surface area contributed by atoms with Gasteiger partial charge in [0, 0.05) is 24.5 Å². The second-order valence-electron chi connectivity index (χ2n) is 3.47. The number of nitrogens with zero attached hydrogens (tertiary/aromatic N) is 1. The first-order valence-corrected chi connectivity index (χ1v) is 4.35. The average molecular weight is 179 g/mol. The van der Waals surface area contributed by atoms with Gasteiger partial charge in [0.15, 0.2) is 0 Å². The minimum atomic E-state index is -0.775. The summed E-state index contributed by atoms with van der Waals surface area (Å²) in [6.07, 6.45) is 3.97. The molecule has 0 aliphatic carbocycles. The molecule has 0 aromatic carbocycles. The molecule has 4 nitrogen and oxygen atoms in total. The molecule has 1 fully saturated rings. The Morgan fingerprint density at radius 3 is 3.00 bits per heavy atom. The van der Waals surface area contributed by atoms with Crippen molar-refractivity contribution in [1.82, 2.24) is 10.3 Å². The predicted octanol–water partition coefficient (Wildman–Crippen LogP) is -0.155. The van der Waals surface area contributed by atoms with Gasteiger partial charge in [-0.3, -0.25) is 4.98 Å². The number of hydrogen-bond acceptors (Lipinski definition) is 4. The van der Waals surface area contributed by atoms with Gasteiger partial charge in [-0.1, -0.05) is 0 Å². The summed E-state index contributed by atoms with van der Waals surface area (Å²) >= 11 is 0. The molecule has 1 atom stereocenters. The number of aliphatic hydroxyl groups is 1. The molecule has 0 saturated carbocycles. The van der Waals surface area contributed by atoms with Crippen molar-refractivity contribution in [2.75, 3.05) is 18.8 Å². The van der Waals surface area contributed by atoms with Gasteiger partial charge in [-0.2, -0.15) is 0 Å². The van der Waals surface area contributed by atoms with E-state index in [2.05, 4.69) is 10.3 Å². The van der Waals surface area contributed by atoms with Gasteiger partial charge in [0.05, 0.1) is 5.69 Å². The second kappa shape index (κ2) is 2.97. The van der Waals surface area contributed by atoms with Crippen molar-refractivity contribution in [3.8, 4) is 0 Å². The Bertz CT molecular complexity index is 307. The highest BCUT2D eigenvalue weighted by Crippen LogP contribution is 2.27. The number of aromatic nitrogens is 1. The zero-order chi connectivity index (χ0) is 9.31. The molecule has 4 heteroatoms. The zero-order valence-corrected chi connectivity index (χ0v) is 7.33. The van der Waals surface area contributed by atoms with Crippen molar-refractivity contribution in [3.05, 3.63) is 24.0 Å². The monoisotopic (exact) mass is 179 g/mol. The second-order valence-corrected chi connectivity index (χ2v) is 3.47. The van der Waals surface area contributed by atoms with E-state index in [4.69, 9.17) is 5.73 Å². The molecule has 2 heterocycles. The lowest BCUT2D eigenvalue weighted by Gasteiger charge is -2.21. The number of anilines is 1. The maximum atomic E-state index is 10.1. The molecular formula is C9H13N3O. The molecule has 1 unspecified atom stereocenters. The molecule has 0 spiro atoms. The van der Waals surface area contributed by atoms with E-state index in [9.17, 15) is 5.11 Å². The minimum Gasteiger partial charge on any atom is -0.397 e. The smallest absolute Gasteiger partial charge is 0.105 e. The molecule has 1 aromatic rings. The highest BCUT2D eigenvalue weighted by Gasteiger charge is 2.33. The third kappa shape index (κ3) is 1.50. The molecule has 2 rings (SSSR count). The van der Waals surface area contributed by atoms with Crippen LogP contribution >= 0.6 is 0 Å². The van der Waals surface area contributed by atoms with E-state index in [1.54, 1.807) is 18.5 Å². The molecule has 1 aliphatic heterocycles. The molecule has 0 radical (unpaired) electrons. The van der Waals surface area contributed by atoms with Crippen LogP contribution in [0.4, 0.5) is 5.69 Å². The average Bonchev–Trinajstić information content (AvgIpc) is 2.54. The molecule has 1 saturated heterocycles. The van der Waals surface area contributed by atoms with Crippen LogP contribution in [0, 0.1) is 0 Å². The van der Waals surface area contributed by atoms with Gasteiger partial charge in [-0.05, 0) is 19.0 Å². The molecule has 4 N–H and O–H groups in total. The van der Waals surface area contributed by atoms with Gasteiger partial charge < -0.3 is 16.2 Å². The van der Waals surface area contributed by atoms with Crippen LogP contribution in [0.5, 0.6) is 0 Å². The van der Waals surface area contributed by atoms with Gasteiger partial charge >= 0.3 is 0 Å². The van der Waals surface area contributed by atoms with Gasteiger partial charge in [-0.15, -0.1) is 0 Å². The summed E-state index contributed by atoms with van der Waals surface area (Å²) in [5.74, 6) is 0. The zero-order valence-electron chi connectivity index (χ0n) is 7.33. The molecule has 70 valence electrons. The van der Waals surface area contributed by atoms with Crippen molar-refractivity contribution >= 4 is 5.69 Å². The number of rotatable bonds is 1. The maximum Gasteiger partial charge on any atom is 0.105 e. The predicted molar refractivity (Wildman–Crippen MR) is 50.0 cm³/mol. The topological polar surface area (TPSA) is 71.2 Å². The fourth-order valence-electron chi connectivity index (χ4n) is 1.64. The summed E-state index contributed by atoms with van der Waals surface area (Å²) in [5.41, 5.74) is 6.21. The Balaban J connectivity index is 2.33. The summed E-state index contributed by atoms with van der Waals surface area (Å²) in [7, 11) is 0. The van der Waals surface area contributed by atoms with Crippen LogP contribution in [0.25, 0.3) is 0 Å². The standard InChI is InChI=1S/C9H13N3O/c10-8-3-7(4-12-5-8)9(13)1-2-11-6-9/h3-5,11,13H,1-2,6,10H2. The van der Waals surface area contributed by atoms with Crippen LogP contribution in [0.3, 0.4) is 0 Å². The van der Waals surface area contributed by atoms with Crippen molar-refractivity contribution in [3.63, 3.8) is 0 Å². The Labute approximate surface area is 76.8 Å². The lowest BCUT2D eigenvalue weighted by Crippen LogP contribution is -2.28. The van der Waals surface area contributed by atoms with E-state index in [0.717, 1.165) is 18.5 Å². The van der Waals surface area contributed by atoms with E-state index in [-0.39, 0.29) is 0 Å². The number of nitrogens with one attached hydrogen (secondary N) is 1. The van der Waals surface area contributed by atoms with Gasteiger partial charge in [0.2, 0.25) is 0 Å². The van der Waals surface area contributed by atoms with Crippen LogP contribution in [-0.2, 0) is 5.60 Å². The third-order valence-corrected chi connectivity index (χ3v) is 2.43. The summed E-state index contributed by atoms with van der Waals surface area (Å²) < 4.78 is 0. The quantitative estimate of drug-likeness (QED) is 0.560. The molecule has 0 bridgehead atoms. The van der Waals surface area contributed by atoms with Crippen molar-refractivity contribution in [2.45, 2.75) is 12.0 Å². The molecule has 13 heavy (non-hydrogen) atoms. The first-order valence-electron chi connectivity index (χ1n) is 4.35. The van der Waals surface area contributed by atoms with E-state index < -0.39 is 5.60 Å². The molecule has 1 aliphatic rings. The maximum absolute atomic E-state index is 10.1. The SMILES string of the molecule is Nc1cncc(C2(O)CCNC2)c1. The third-order valence-electron chi connectivity index (χ3n) is 2.43. The molecule has 1 aromatic heterocycles. The molecule has 0 amide bonds. The Kier molecular flexibility index (Phi) is 1.94. The van der Waals surface area contributed by atoms with Crippen molar-refractivity contribution in [1.29, 1.82) is 0 Å². The summed E-state index contributed by atoms with van der Waals surface area (Å²) in [5, 5.41) is 13.2. The van der Waals surface area contributed by atoms with Gasteiger partial charge in [-0.25, -0.2) is 0 Å². The number of hydrogen-bond donors (Lipinski definition) is 3. The fraction of sp³-hybridized carbons (Fsp3) is 0.444. The normalized spacial score (nSPS) is 27.8. The van der Waals surface area contributed by atoms with E-state index in [1.807, 2.05) is 0 Å².